The van der Waals surface area contributed by atoms with Crippen molar-refractivity contribution in [3.8, 4) is 5.75 Å². The Balaban J connectivity index is 1.65. The van der Waals surface area contributed by atoms with Gasteiger partial charge in [0.1, 0.15) is 5.75 Å². The van der Waals surface area contributed by atoms with Gasteiger partial charge in [0, 0.05) is 24.5 Å². The van der Waals surface area contributed by atoms with Crippen molar-refractivity contribution in [1.82, 2.24) is 9.62 Å². The molecule has 1 fully saturated rings. The zero-order valence-corrected chi connectivity index (χ0v) is 16.6. The Morgan fingerprint density at radius 3 is 2.56 bits per heavy atom. The number of anilines is 1. The second-order valence-corrected chi connectivity index (χ2v) is 9.65. The molecule has 2 amide bonds. The molecular formula is C18H25N3O5S. The fourth-order valence-corrected chi connectivity index (χ4v) is 4.52. The molecule has 2 heterocycles. The van der Waals surface area contributed by atoms with Gasteiger partial charge < -0.3 is 15.0 Å². The van der Waals surface area contributed by atoms with Crippen molar-refractivity contribution >= 4 is 27.5 Å². The van der Waals surface area contributed by atoms with Gasteiger partial charge >= 0.3 is 0 Å². The Labute approximate surface area is 159 Å². The standard InChI is InChI=1S/C18H25N3O5S/c1-18(2,3)17(23)21-8-6-12(7-9-21)20-27(24,25)13-4-5-15-14(10-13)19-16(22)11-26-15/h4-5,10,12,20H,6-9,11H2,1-3H3,(H,19,22). The molecule has 1 aromatic rings. The van der Waals surface area contributed by atoms with E-state index in [0.717, 1.165) is 0 Å². The van der Waals surface area contributed by atoms with Crippen molar-refractivity contribution in [2.75, 3.05) is 25.0 Å². The molecule has 0 saturated carbocycles. The molecular weight excluding hydrogens is 370 g/mol. The molecule has 148 valence electrons. The third kappa shape index (κ3) is 4.41. The maximum absolute atomic E-state index is 12.7. The van der Waals surface area contributed by atoms with Crippen LogP contribution in [0.4, 0.5) is 5.69 Å². The van der Waals surface area contributed by atoms with E-state index in [4.69, 9.17) is 4.74 Å². The van der Waals surface area contributed by atoms with E-state index in [1.165, 1.54) is 18.2 Å². The number of hydrogen-bond donors (Lipinski definition) is 2. The minimum atomic E-state index is -3.74. The maximum atomic E-state index is 12.7. The van der Waals surface area contributed by atoms with Crippen molar-refractivity contribution < 1.29 is 22.7 Å². The van der Waals surface area contributed by atoms with E-state index < -0.39 is 15.4 Å². The van der Waals surface area contributed by atoms with E-state index in [2.05, 4.69) is 10.0 Å². The summed E-state index contributed by atoms with van der Waals surface area (Å²) in [5.41, 5.74) is -0.0955. The number of piperidine rings is 1. The number of carbonyl (C=O) groups is 2. The van der Waals surface area contributed by atoms with Crippen LogP contribution in [0, 0.1) is 5.41 Å². The highest BCUT2D eigenvalue weighted by molar-refractivity contribution is 7.89. The lowest BCUT2D eigenvalue weighted by molar-refractivity contribution is -0.140. The Hall–Kier alpha value is -2.13. The second kappa shape index (κ2) is 7.12. The fourth-order valence-electron chi connectivity index (χ4n) is 3.19. The molecule has 0 spiro atoms. The summed E-state index contributed by atoms with van der Waals surface area (Å²) in [7, 11) is -3.74. The second-order valence-electron chi connectivity index (χ2n) is 7.93. The van der Waals surface area contributed by atoms with Crippen LogP contribution in [0.5, 0.6) is 5.75 Å². The number of nitrogens with zero attached hydrogens (tertiary/aromatic N) is 1. The van der Waals surface area contributed by atoms with Gasteiger partial charge in [-0.1, -0.05) is 20.8 Å². The molecule has 0 unspecified atom stereocenters. The molecule has 27 heavy (non-hydrogen) atoms. The Kier molecular flexibility index (Phi) is 5.18. The average molecular weight is 395 g/mol. The van der Waals surface area contributed by atoms with Crippen LogP contribution in [-0.4, -0.2) is 50.9 Å². The average Bonchev–Trinajstić information content (AvgIpc) is 2.60. The first-order valence-corrected chi connectivity index (χ1v) is 10.4. The van der Waals surface area contributed by atoms with Crippen LogP contribution < -0.4 is 14.8 Å². The summed E-state index contributed by atoms with van der Waals surface area (Å²) in [6.07, 6.45) is 1.12. The first-order valence-electron chi connectivity index (χ1n) is 8.95. The monoisotopic (exact) mass is 395 g/mol. The molecule has 2 N–H and O–H groups in total. The van der Waals surface area contributed by atoms with Gasteiger partial charge in [-0.15, -0.1) is 0 Å². The minimum Gasteiger partial charge on any atom is -0.482 e. The van der Waals surface area contributed by atoms with Crippen molar-refractivity contribution in [3.63, 3.8) is 0 Å². The summed E-state index contributed by atoms with van der Waals surface area (Å²) in [5, 5.41) is 2.61. The van der Waals surface area contributed by atoms with Crippen LogP contribution in [0.1, 0.15) is 33.6 Å². The number of nitrogens with one attached hydrogen (secondary N) is 2. The van der Waals surface area contributed by atoms with Crippen LogP contribution in [0.25, 0.3) is 0 Å². The van der Waals surface area contributed by atoms with E-state index in [-0.39, 0.29) is 29.4 Å². The zero-order valence-electron chi connectivity index (χ0n) is 15.7. The summed E-state index contributed by atoms with van der Waals surface area (Å²) >= 11 is 0. The number of amides is 2. The number of carbonyl (C=O) groups excluding carboxylic acids is 2. The van der Waals surface area contributed by atoms with Crippen molar-refractivity contribution in [1.29, 1.82) is 0 Å². The van der Waals surface area contributed by atoms with E-state index in [9.17, 15) is 18.0 Å². The van der Waals surface area contributed by atoms with Crippen molar-refractivity contribution in [2.24, 2.45) is 5.41 Å². The summed E-state index contributed by atoms with van der Waals surface area (Å²) in [6.45, 7) is 6.60. The molecule has 0 aliphatic carbocycles. The molecule has 0 atom stereocenters. The van der Waals surface area contributed by atoms with Gasteiger partial charge in [0.2, 0.25) is 15.9 Å². The predicted octanol–water partition coefficient (Wildman–Crippen LogP) is 1.33. The summed E-state index contributed by atoms with van der Waals surface area (Å²) in [4.78, 5) is 25.6. The fraction of sp³-hybridized carbons (Fsp3) is 0.556. The maximum Gasteiger partial charge on any atom is 0.262 e. The molecule has 0 radical (unpaired) electrons. The zero-order chi connectivity index (χ0) is 19.8. The highest BCUT2D eigenvalue weighted by Crippen LogP contribution is 2.30. The number of sulfonamides is 1. The lowest BCUT2D eigenvalue weighted by atomic mass is 9.93. The number of fused-ring (bicyclic) bond motifs is 1. The van der Waals surface area contributed by atoms with Gasteiger partial charge in [-0.3, -0.25) is 9.59 Å². The molecule has 2 aliphatic heterocycles. The molecule has 1 aromatic carbocycles. The molecule has 2 aliphatic rings. The smallest absolute Gasteiger partial charge is 0.262 e. The SMILES string of the molecule is CC(C)(C)C(=O)N1CCC(NS(=O)(=O)c2ccc3c(c2)NC(=O)CO3)CC1. The van der Waals surface area contributed by atoms with Crippen LogP contribution in [0.2, 0.25) is 0 Å². The largest absolute Gasteiger partial charge is 0.482 e. The Morgan fingerprint density at radius 1 is 1.26 bits per heavy atom. The number of rotatable bonds is 3. The van der Waals surface area contributed by atoms with Crippen LogP contribution in [-0.2, 0) is 19.6 Å². The number of benzene rings is 1. The lowest BCUT2D eigenvalue weighted by Crippen LogP contribution is -2.49. The van der Waals surface area contributed by atoms with E-state index in [0.29, 0.717) is 37.4 Å². The van der Waals surface area contributed by atoms with Gasteiger partial charge in [-0.05, 0) is 31.0 Å². The predicted molar refractivity (Wildman–Crippen MR) is 99.9 cm³/mol. The van der Waals surface area contributed by atoms with Crippen LogP contribution in [0.3, 0.4) is 0 Å². The van der Waals surface area contributed by atoms with Crippen molar-refractivity contribution in [2.45, 2.75) is 44.6 Å². The molecule has 3 rings (SSSR count). The van der Waals surface area contributed by atoms with Gasteiger partial charge in [0.15, 0.2) is 6.61 Å². The van der Waals surface area contributed by atoms with Crippen LogP contribution in [0.15, 0.2) is 23.1 Å². The summed E-state index contributed by atoms with van der Waals surface area (Å²) < 4.78 is 33.4. The molecule has 0 aromatic heterocycles. The van der Waals surface area contributed by atoms with Crippen molar-refractivity contribution in [3.05, 3.63) is 18.2 Å². The van der Waals surface area contributed by atoms with Gasteiger partial charge in [-0.2, -0.15) is 0 Å². The first-order chi connectivity index (χ1) is 12.6. The lowest BCUT2D eigenvalue weighted by Gasteiger charge is -2.35. The molecule has 8 nitrogen and oxygen atoms in total. The normalized spacial score (nSPS) is 18.5. The number of ether oxygens (including phenoxy) is 1. The third-order valence-corrected chi connectivity index (χ3v) is 6.16. The quantitative estimate of drug-likeness (QED) is 0.803. The van der Waals surface area contributed by atoms with Gasteiger partial charge in [-0.25, -0.2) is 13.1 Å². The summed E-state index contributed by atoms with van der Waals surface area (Å²) in [6, 6.07) is 4.15. The van der Waals surface area contributed by atoms with E-state index in [1.807, 2.05) is 20.8 Å². The Bertz CT molecular complexity index is 852. The minimum absolute atomic E-state index is 0.0697. The topological polar surface area (TPSA) is 105 Å². The van der Waals surface area contributed by atoms with Gasteiger partial charge in [0.25, 0.3) is 5.91 Å². The number of likely N-dealkylation sites (tertiary alicyclic amines) is 1. The summed E-state index contributed by atoms with van der Waals surface area (Å²) in [5.74, 6) is 0.206. The molecule has 0 bridgehead atoms. The Morgan fingerprint density at radius 2 is 1.93 bits per heavy atom. The first kappa shape index (κ1) is 19.6. The van der Waals surface area contributed by atoms with E-state index in [1.54, 1.807) is 4.90 Å². The van der Waals surface area contributed by atoms with Gasteiger partial charge in [0.05, 0.1) is 10.6 Å². The highest BCUT2D eigenvalue weighted by atomic mass is 32.2. The highest BCUT2D eigenvalue weighted by Gasteiger charge is 2.32. The third-order valence-electron chi connectivity index (χ3n) is 4.64. The van der Waals surface area contributed by atoms with Crippen LogP contribution >= 0.6 is 0 Å². The molecule has 1 saturated heterocycles. The van der Waals surface area contributed by atoms with E-state index >= 15 is 0 Å². The molecule has 9 heteroatoms. The number of hydrogen-bond acceptors (Lipinski definition) is 5.